The van der Waals surface area contributed by atoms with Gasteiger partial charge in [-0.2, -0.15) is 0 Å². The molecule has 1 atom stereocenters. The molecule has 0 fully saturated rings. The molecule has 6 heteroatoms. The number of ether oxygens (including phenoxy) is 3. The number of carbonyl (C=O) groups is 3. The van der Waals surface area contributed by atoms with Crippen LogP contribution in [0.4, 0.5) is 0 Å². The Kier molecular flexibility index (Phi) is 44.1. The SMILES string of the molecule is CC/C=C\C/C=C\C/C=C\C/C=C\C/C=C\C/C=C\C/C=C\C/C=C\CCCCCCCCC(=O)OCC(COC(=O)CCCCCCC)OC(=O)CCCCCCC. The van der Waals surface area contributed by atoms with Gasteiger partial charge in [0.2, 0.25) is 0 Å². The Morgan fingerprint density at radius 1 is 0.356 bits per heavy atom. The molecule has 1 unspecified atom stereocenters. The quantitative estimate of drug-likeness (QED) is 0.0265. The van der Waals surface area contributed by atoms with Gasteiger partial charge in [0.05, 0.1) is 0 Å². The smallest absolute Gasteiger partial charge is 0.306 e. The van der Waals surface area contributed by atoms with E-state index in [1.54, 1.807) is 0 Å². The lowest BCUT2D eigenvalue weighted by Gasteiger charge is -2.18. The van der Waals surface area contributed by atoms with Crippen molar-refractivity contribution in [3.05, 3.63) is 97.2 Å². The summed E-state index contributed by atoms with van der Waals surface area (Å²) in [7, 11) is 0. The van der Waals surface area contributed by atoms with Gasteiger partial charge in [-0.3, -0.25) is 14.4 Å². The number of hydrogen-bond donors (Lipinski definition) is 0. The van der Waals surface area contributed by atoms with Crippen LogP contribution in [0.25, 0.3) is 0 Å². The fraction of sp³-hybridized carbons (Fsp3) is 0.642. The van der Waals surface area contributed by atoms with Gasteiger partial charge in [-0.25, -0.2) is 0 Å². The summed E-state index contributed by atoms with van der Waals surface area (Å²) in [6.07, 6.45) is 61.9. The summed E-state index contributed by atoms with van der Waals surface area (Å²) in [5, 5.41) is 0. The van der Waals surface area contributed by atoms with Gasteiger partial charge >= 0.3 is 17.9 Å². The van der Waals surface area contributed by atoms with Crippen LogP contribution in [0.3, 0.4) is 0 Å². The van der Waals surface area contributed by atoms with Gasteiger partial charge < -0.3 is 14.2 Å². The van der Waals surface area contributed by atoms with E-state index >= 15 is 0 Å². The molecule has 0 aromatic carbocycles. The number of allylic oxidation sites excluding steroid dienone is 16. The molecule has 0 aliphatic carbocycles. The van der Waals surface area contributed by atoms with E-state index in [0.29, 0.717) is 19.3 Å². The van der Waals surface area contributed by atoms with Gasteiger partial charge in [0.25, 0.3) is 0 Å². The van der Waals surface area contributed by atoms with Gasteiger partial charge in [-0.1, -0.05) is 195 Å². The number of hydrogen-bond acceptors (Lipinski definition) is 6. The maximum atomic E-state index is 12.4. The minimum atomic E-state index is -0.774. The summed E-state index contributed by atoms with van der Waals surface area (Å²) in [6.45, 7) is 6.31. The number of esters is 3. The van der Waals surface area contributed by atoms with Crippen LogP contribution in [0.5, 0.6) is 0 Å². The highest BCUT2D eigenvalue weighted by molar-refractivity contribution is 5.71. The molecule has 0 aliphatic heterocycles. The van der Waals surface area contributed by atoms with Crippen LogP contribution in [0.2, 0.25) is 0 Å². The Bertz CT molecular complexity index is 1220. The van der Waals surface area contributed by atoms with Crippen LogP contribution >= 0.6 is 0 Å². The first-order valence-electron chi connectivity index (χ1n) is 23.7. The first-order valence-corrected chi connectivity index (χ1v) is 23.7. The van der Waals surface area contributed by atoms with E-state index in [0.717, 1.165) is 141 Å². The molecule has 0 amide bonds. The molecule has 6 nitrogen and oxygen atoms in total. The van der Waals surface area contributed by atoms with Crippen molar-refractivity contribution in [3.8, 4) is 0 Å². The Morgan fingerprint density at radius 3 is 1.03 bits per heavy atom. The second kappa shape index (κ2) is 47.0. The standard InChI is InChI=1S/C53H86O6/c1-4-7-10-13-14-15-16-17-18-19-20-21-22-23-24-25-26-27-28-29-30-31-32-33-34-35-36-37-38-41-43-46-52(55)58-49-50(59-53(56)47-44-40-12-9-6-3)48-57-51(54)45-42-39-11-8-5-2/h7,10,14-15,17-18,20-21,23-24,26-27,29-30,32-33,50H,4-6,8-9,11-13,16,19,22,25,28,31,34-49H2,1-3H3/b10-7-,15-14-,18-17-,21-20-,24-23-,27-26-,30-29-,33-32-. The average molecular weight is 819 g/mol. The van der Waals surface area contributed by atoms with E-state index in [-0.39, 0.29) is 31.1 Å². The molecule has 0 bridgehead atoms. The summed E-state index contributed by atoms with van der Waals surface area (Å²) in [5.74, 6) is -0.937. The van der Waals surface area contributed by atoms with Gasteiger partial charge in [-0.15, -0.1) is 0 Å². The van der Waals surface area contributed by atoms with Crippen molar-refractivity contribution in [3.63, 3.8) is 0 Å². The van der Waals surface area contributed by atoms with E-state index in [2.05, 4.69) is 118 Å². The molecular weight excluding hydrogens is 733 g/mol. The molecule has 0 saturated carbocycles. The van der Waals surface area contributed by atoms with Gasteiger partial charge in [0.15, 0.2) is 6.10 Å². The van der Waals surface area contributed by atoms with E-state index < -0.39 is 6.10 Å². The molecule has 0 aliphatic rings. The zero-order valence-corrected chi connectivity index (χ0v) is 38.0. The molecule has 0 aromatic heterocycles. The largest absolute Gasteiger partial charge is 0.462 e. The molecule has 0 saturated heterocycles. The zero-order chi connectivity index (χ0) is 43.0. The molecule has 334 valence electrons. The second-order valence-electron chi connectivity index (χ2n) is 15.3. The fourth-order valence-electron chi connectivity index (χ4n) is 6.04. The number of rotatable bonds is 41. The van der Waals surface area contributed by atoms with Crippen LogP contribution in [-0.2, 0) is 28.6 Å². The zero-order valence-electron chi connectivity index (χ0n) is 38.0. The third kappa shape index (κ3) is 45.3. The highest BCUT2D eigenvalue weighted by Gasteiger charge is 2.19. The van der Waals surface area contributed by atoms with Crippen LogP contribution in [-0.4, -0.2) is 37.2 Å². The minimum absolute atomic E-state index is 0.0837. The predicted octanol–water partition coefficient (Wildman–Crippen LogP) is 15.4. The molecule has 0 N–H and O–H groups in total. The maximum absolute atomic E-state index is 12.4. The van der Waals surface area contributed by atoms with Crippen LogP contribution < -0.4 is 0 Å². The van der Waals surface area contributed by atoms with Crippen LogP contribution in [0.15, 0.2) is 97.2 Å². The molecule has 0 aromatic rings. The van der Waals surface area contributed by atoms with Crippen molar-refractivity contribution in [2.75, 3.05) is 13.2 Å². The third-order valence-corrected chi connectivity index (χ3v) is 9.60. The monoisotopic (exact) mass is 819 g/mol. The Labute approximate surface area is 362 Å². The summed E-state index contributed by atoms with van der Waals surface area (Å²) in [4.78, 5) is 37.1. The topological polar surface area (TPSA) is 78.9 Å². The Balaban J connectivity index is 3.98. The van der Waals surface area contributed by atoms with Gasteiger partial charge in [-0.05, 0) is 83.5 Å². The van der Waals surface area contributed by atoms with Gasteiger partial charge in [0, 0.05) is 19.3 Å². The van der Waals surface area contributed by atoms with Crippen molar-refractivity contribution in [2.24, 2.45) is 0 Å². The first kappa shape index (κ1) is 55.3. The van der Waals surface area contributed by atoms with Crippen molar-refractivity contribution >= 4 is 17.9 Å². The lowest BCUT2D eigenvalue weighted by atomic mass is 10.1. The second-order valence-corrected chi connectivity index (χ2v) is 15.3. The fourth-order valence-corrected chi connectivity index (χ4v) is 6.04. The predicted molar refractivity (Wildman–Crippen MR) is 251 cm³/mol. The lowest BCUT2D eigenvalue weighted by molar-refractivity contribution is -0.167. The lowest BCUT2D eigenvalue weighted by Crippen LogP contribution is -2.30. The summed E-state index contributed by atoms with van der Waals surface area (Å²) in [5.41, 5.74) is 0. The summed E-state index contributed by atoms with van der Waals surface area (Å²) >= 11 is 0. The van der Waals surface area contributed by atoms with Crippen LogP contribution in [0.1, 0.15) is 201 Å². The van der Waals surface area contributed by atoms with Gasteiger partial charge in [0.1, 0.15) is 13.2 Å². The van der Waals surface area contributed by atoms with Crippen molar-refractivity contribution in [1.82, 2.24) is 0 Å². The average Bonchev–Trinajstić information content (AvgIpc) is 3.23. The molecule has 0 heterocycles. The molecule has 0 spiro atoms. The van der Waals surface area contributed by atoms with E-state index in [1.165, 1.54) is 19.3 Å². The maximum Gasteiger partial charge on any atom is 0.306 e. The number of unbranched alkanes of at least 4 members (excludes halogenated alkanes) is 14. The minimum Gasteiger partial charge on any atom is -0.462 e. The summed E-state index contributed by atoms with van der Waals surface area (Å²) in [6, 6.07) is 0. The van der Waals surface area contributed by atoms with E-state index in [4.69, 9.17) is 14.2 Å². The molecule has 59 heavy (non-hydrogen) atoms. The van der Waals surface area contributed by atoms with Crippen molar-refractivity contribution in [2.45, 2.75) is 207 Å². The highest BCUT2D eigenvalue weighted by atomic mass is 16.6. The van der Waals surface area contributed by atoms with Crippen LogP contribution in [0, 0.1) is 0 Å². The Morgan fingerprint density at radius 2 is 0.661 bits per heavy atom. The van der Waals surface area contributed by atoms with Crippen molar-refractivity contribution in [1.29, 1.82) is 0 Å². The third-order valence-electron chi connectivity index (χ3n) is 9.60. The first-order chi connectivity index (χ1) is 29.0. The normalized spacial score (nSPS) is 12.9. The van der Waals surface area contributed by atoms with E-state index in [1.807, 2.05) is 0 Å². The molecule has 0 radical (unpaired) electrons. The summed E-state index contributed by atoms with van der Waals surface area (Å²) < 4.78 is 16.4. The molecule has 0 rings (SSSR count). The number of carbonyl (C=O) groups excluding carboxylic acids is 3. The van der Waals surface area contributed by atoms with E-state index in [9.17, 15) is 14.4 Å². The highest BCUT2D eigenvalue weighted by Crippen LogP contribution is 2.12. The van der Waals surface area contributed by atoms with Crippen molar-refractivity contribution < 1.29 is 28.6 Å². The molecular formula is C53H86O6. The Hall–Kier alpha value is -3.67.